The van der Waals surface area contributed by atoms with Crippen molar-refractivity contribution in [2.24, 2.45) is 5.92 Å². The van der Waals surface area contributed by atoms with Crippen LogP contribution in [-0.4, -0.2) is 35.4 Å². The standard InChI is InChI=1S/C17H19N3O3S/c1-11-8-18-17(24-11)19-16(22)13-7-15(21)20(10-13)9-12-5-3-4-6-14(12)23-2/h3-6,8,13H,7,9-10H2,1-2H3,(H,18,19,22)/t13-/m1/s1. The van der Waals surface area contributed by atoms with Crippen LogP contribution in [0, 0.1) is 12.8 Å². The zero-order valence-electron chi connectivity index (χ0n) is 13.6. The summed E-state index contributed by atoms with van der Waals surface area (Å²) in [5, 5.41) is 3.37. The Labute approximate surface area is 144 Å². The highest BCUT2D eigenvalue weighted by atomic mass is 32.1. The second-order valence-corrected chi connectivity index (χ2v) is 6.99. The minimum absolute atomic E-state index is 0.0172. The maximum atomic E-state index is 12.3. The van der Waals surface area contributed by atoms with E-state index in [-0.39, 0.29) is 24.2 Å². The highest BCUT2D eigenvalue weighted by molar-refractivity contribution is 7.15. The number of aromatic nitrogens is 1. The summed E-state index contributed by atoms with van der Waals surface area (Å²) in [7, 11) is 1.61. The number of nitrogens with zero attached hydrogens (tertiary/aromatic N) is 2. The third-order valence-electron chi connectivity index (χ3n) is 3.99. The molecule has 1 fully saturated rings. The van der Waals surface area contributed by atoms with E-state index >= 15 is 0 Å². The number of rotatable bonds is 5. The third-order valence-corrected chi connectivity index (χ3v) is 4.82. The van der Waals surface area contributed by atoms with Crippen LogP contribution in [-0.2, 0) is 16.1 Å². The molecule has 2 aromatic rings. The molecule has 0 aliphatic carbocycles. The number of thiazole rings is 1. The Morgan fingerprint density at radius 1 is 1.46 bits per heavy atom. The number of hydrogen-bond acceptors (Lipinski definition) is 5. The van der Waals surface area contributed by atoms with Crippen molar-refractivity contribution in [2.45, 2.75) is 19.9 Å². The number of amides is 2. The fourth-order valence-corrected chi connectivity index (χ4v) is 3.43. The van der Waals surface area contributed by atoms with E-state index in [4.69, 9.17) is 4.74 Å². The highest BCUT2D eigenvalue weighted by Gasteiger charge is 2.34. The molecule has 0 unspecified atom stereocenters. The van der Waals surface area contributed by atoms with Gasteiger partial charge in [0.2, 0.25) is 11.8 Å². The van der Waals surface area contributed by atoms with Gasteiger partial charge in [0.05, 0.1) is 13.0 Å². The van der Waals surface area contributed by atoms with Gasteiger partial charge in [0.25, 0.3) is 0 Å². The first-order valence-corrected chi connectivity index (χ1v) is 8.51. The van der Waals surface area contributed by atoms with E-state index in [2.05, 4.69) is 10.3 Å². The largest absolute Gasteiger partial charge is 0.496 e. The van der Waals surface area contributed by atoms with Crippen LogP contribution in [0.4, 0.5) is 5.13 Å². The number of carbonyl (C=O) groups excluding carboxylic acids is 2. The van der Waals surface area contributed by atoms with Crippen LogP contribution >= 0.6 is 11.3 Å². The molecule has 0 spiro atoms. The smallest absolute Gasteiger partial charge is 0.231 e. The van der Waals surface area contributed by atoms with Crippen LogP contribution in [0.5, 0.6) is 5.75 Å². The van der Waals surface area contributed by atoms with Gasteiger partial charge >= 0.3 is 0 Å². The molecule has 1 aromatic carbocycles. The fraction of sp³-hybridized carbons (Fsp3) is 0.353. The summed E-state index contributed by atoms with van der Waals surface area (Å²) in [6.07, 6.45) is 1.94. The van der Waals surface area contributed by atoms with Crippen LogP contribution in [0.1, 0.15) is 16.9 Å². The number of anilines is 1. The van der Waals surface area contributed by atoms with Crippen molar-refractivity contribution in [2.75, 3.05) is 19.0 Å². The van der Waals surface area contributed by atoms with E-state index in [1.54, 1.807) is 18.2 Å². The summed E-state index contributed by atoms with van der Waals surface area (Å²) in [5.74, 6) is 0.226. The van der Waals surface area contributed by atoms with E-state index in [0.29, 0.717) is 18.2 Å². The van der Waals surface area contributed by atoms with Crippen molar-refractivity contribution in [1.29, 1.82) is 0 Å². The molecule has 1 saturated heterocycles. The Balaban J connectivity index is 1.64. The Bertz CT molecular complexity index is 759. The van der Waals surface area contributed by atoms with Gasteiger partial charge in [-0.1, -0.05) is 18.2 Å². The minimum atomic E-state index is -0.351. The van der Waals surface area contributed by atoms with Gasteiger partial charge in [-0.25, -0.2) is 4.98 Å². The van der Waals surface area contributed by atoms with Crippen molar-refractivity contribution >= 4 is 28.3 Å². The second-order valence-electron chi connectivity index (χ2n) is 5.75. The monoisotopic (exact) mass is 345 g/mol. The number of ether oxygens (including phenoxy) is 1. The normalized spacial score (nSPS) is 17.2. The lowest BCUT2D eigenvalue weighted by Gasteiger charge is -2.18. The van der Waals surface area contributed by atoms with Crippen molar-refractivity contribution in [3.8, 4) is 5.75 Å². The van der Waals surface area contributed by atoms with E-state index in [9.17, 15) is 9.59 Å². The molecule has 3 rings (SSSR count). The SMILES string of the molecule is COc1ccccc1CN1C[C@H](C(=O)Nc2ncc(C)s2)CC1=O. The van der Waals surface area contributed by atoms with Crippen LogP contribution in [0.2, 0.25) is 0 Å². The first-order valence-electron chi connectivity index (χ1n) is 7.70. The summed E-state index contributed by atoms with van der Waals surface area (Å²) in [6, 6.07) is 7.59. The Kier molecular flexibility index (Phi) is 4.80. The maximum absolute atomic E-state index is 12.3. The molecular weight excluding hydrogens is 326 g/mol. The number of methoxy groups -OCH3 is 1. The van der Waals surface area contributed by atoms with Crippen molar-refractivity contribution in [3.05, 3.63) is 40.9 Å². The third kappa shape index (κ3) is 3.56. The molecule has 0 saturated carbocycles. The predicted octanol–water partition coefficient (Wildman–Crippen LogP) is 2.45. The molecule has 24 heavy (non-hydrogen) atoms. The zero-order valence-corrected chi connectivity index (χ0v) is 14.4. The molecule has 126 valence electrons. The summed E-state index contributed by atoms with van der Waals surface area (Å²) >= 11 is 1.43. The highest BCUT2D eigenvalue weighted by Crippen LogP contribution is 2.26. The average Bonchev–Trinajstić information content (AvgIpc) is 3.14. The van der Waals surface area contributed by atoms with Crippen LogP contribution in [0.3, 0.4) is 0 Å². The number of para-hydroxylation sites is 1. The van der Waals surface area contributed by atoms with Gasteiger partial charge in [0.1, 0.15) is 5.75 Å². The summed E-state index contributed by atoms with van der Waals surface area (Å²) < 4.78 is 5.32. The van der Waals surface area contributed by atoms with E-state index in [0.717, 1.165) is 16.2 Å². The molecule has 0 radical (unpaired) electrons. The molecular formula is C17H19N3O3S. The van der Waals surface area contributed by atoms with E-state index < -0.39 is 0 Å². The predicted molar refractivity (Wildman–Crippen MR) is 92.0 cm³/mol. The first kappa shape index (κ1) is 16.4. The molecule has 6 nitrogen and oxygen atoms in total. The number of carbonyl (C=O) groups is 2. The van der Waals surface area contributed by atoms with Gasteiger partial charge in [-0.3, -0.25) is 9.59 Å². The molecule has 0 bridgehead atoms. The van der Waals surface area contributed by atoms with Crippen molar-refractivity contribution in [1.82, 2.24) is 9.88 Å². The lowest BCUT2D eigenvalue weighted by molar-refractivity contribution is -0.128. The van der Waals surface area contributed by atoms with Crippen LogP contribution < -0.4 is 10.1 Å². The molecule has 1 aliphatic rings. The van der Waals surface area contributed by atoms with Gasteiger partial charge in [-0.15, -0.1) is 11.3 Å². The molecule has 2 amide bonds. The molecule has 1 N–H and O–H groups in total. The second kappa shape index (κ2) is 7.00. The Morgan fingerprint density at radius 2 is 2.25 bits per heavy atom. The van der Waals surface area contributed by atoms with E-state index in [1.165, 1.54) is 11.3 Å². The molecule has 1 atom stereocenters. The number of benzene rings is 1. The zero-order chi connectivity index (χ0) is 17.1. The number of likely N-dealkylation sites (tertiary alicyclic amines) is 1. The quantitative estimate of drug-likeness (QED) is 0.903. The Morgan fingerprint density at radius 3 is 2.96 bits per heavy atom. The van der Waals surface area contributed by atoms with Gasteiger partial charge in [-0.2, -0.15) is 0 Å². The fourth-order valence-electron chi connectivity index (χ4n) is 2.76. The molecule has 7 heteroatoms. The average molecular weight is 345 g/mol. The van der Waals surface area contributed by atoms with Gasteiger partial charge in [0, 0.05) is 36.1 Å². The maximum Gasteiger partial charge on any atom is 0.231 e. The number of hydrogen-bond donors (Lipinski definition) is 1. The summed E-state index contributed by atoms with van der Waals surface area (Å²) in [5.41, 5.74) is 0.935. The lowest BCUT2D eigenvalue weighted by atomic mass is 10.1. The van der Waals surface area contributed by atoms with Crippen LogP contribution in [0.25, 0.3) is 0 Å². The van der Waals surface area contributed by atoms with E-state index in [1.807, 2.05) is 31.2 Å². The van der Waals surface area contributed by atoms with Gasteiger partial charge in [0.15, 0.2) is 5.13 Å². The molecule has 2 heterocycles. The van der Waals surface area contributed by atoms with Crippen LogP contribution in [0.15, 0.2) is 30.5 Å². The van der Waals surface area contributed by atoms with Crippen molar-refractivity contribution in [3.63, 3.8) is 0 Å². The number of aryl methyl sites for hydroxylation is 1. The van der Waals surface area contributed by atoms with Gasteiger partial charge < -0.3 is 15.0 Å². The number of nitrogens with one attached hydrogen (secondary N) is 1. The minimum Gasteiger partial charge on any atom is -0.496 e. The first-order chi connectivity index (χ1) is 11.6. The van der Waals surface area contributed by atoms with Gasteiger partial charge in [-0.05, 0) is 13.0 Å². The molecule has 1 aliphatic heterocycles. The van der Waals surface area contributed by atoms with Crippen molar-refractivity contribution < 1.29 is 14.3 Å². The Hall–Kier alpha value is -2.41. The molecule has 1 aromatic heterocycles. The topological polar surface area (TPSA) is 71.5 Å². The lowest BCUT2D eigenvalue weighted by Crippen LogP contribution is -2.28. The summed E-state index contributed by atoms with van der Waals surface area (Å²) in [6.45, 7) is 2.79. The summed E-state index contributed by atoms with van der Waals surface area (Å²) in [4.78, 5) is 31.4.